The lowest BCUT2D eigenvalue weighted by atomic mass is 9.97. The highest BCUT2D eigenvalue weighted by molar-refractivity contribution is 5.87. The molecule has 1 N–H and O–H groups in total. The van der Waals surface area contributed by atoms with Crippen molar-refractivity contribution in [3.8, 4) is 5.69 Å². The highest BCUT2D eigenvalue weighted by Gasteiger charge is 2.28. The largest absolute Gasteiger partial charge is 0.355 e. The predicted octanol–water partition coefficient (Wildman–Crippen LogP) is 3.77. The SMILES string of the molecule is O=C(NCc1ccc(F)cc1F)[C@H]1CCCN(c2ncnc3nn(-c4ccc(F)cc4)cc23)C1. The van der Waals surface area contributed by atoms with Crippen LogP contribution in [0, 0.1) is 23.4 Å². The minimum absolute atomic E-state index is 0.0103. The van der Waals surface area contributed by atoms with Crippen LogP contribution < -0.4 is 10.2 Å². The number of amides is 1. The Kier molecular flexibility index (Phi) is 5.87. The normalized spacial score (nSPS) is 16.1. The Hall–Kier alpha value is -3.95. The van der Waals surface area contributed by atoms with E-state index in [4.69, 9.17) is 0 Å². The highest BCUT2D eigenvalue weighted by Crippen LogP contribution is 2.28. The topological polar surface area (TPSA) is 75.9 Å². The number of fused-ring (bicyclic) bond motifs is 1. The van der Waals surface area contributed by atoms with Crippen molar-refractivity contribution in [2.24, 2.45) is 5.92 Å². The van der Waals surface area contributed by atoms with Crippen molar-refractivity contribution in [2.45, 2.75) is 19.4 Å². The number of hydrogen-bond donors (Lipinski definition) is 1. The summed E-state index contributed by atoms with van der Waals surface area (Å²) >= 11 is 0. The Morgan fingerprint density at radius 2 is 1.85 bits per heavy atom. The zero-order valence-electron chi connectivity index (χ0n) is 18.1. The molecule has 1 aliphatic rings. The Labute approximate surface area is 193 Å². The van der Waals surface area contributed by atoms with Crippen LogP contribution in [0.15, 0.2) is 55.0 Å². The van der Waals surface area contributed by atoms with Crippen molar-refractivity contribution in [3.63, 3.8) is 0 Å². The van der Waals surface area contributed by atoms with Crippen molar-refractivity contribution < 1.29 is 18.0 Å². The van der Waals surface area contributed by atoms with Gasteiger partial charge in [0, 0.05) is 37.5 Å². The predicted molar refractivity (Wildman–Crippen MR) is 120 cm³/mol. The van der Waals surface area contributed by atoms with Gasteiger partial charge in [-0.25, -0.2) is 27.8 Å². The van der Waals surface area contributed by atoms with Gasteiger partial charge in [-0.1, -0.05) is 6.07 Å². The Balaban J connectivity index is 1.32. The molecule has 0 saturated carbocycles. The van der Waals surface area contributed by atoms with Crippen LogP contribution in [0.4, 0.5) is 19.0 Å². The molecule has 3 heterocycles. The molecule has 174 valence electrons. The number of nitrogens with one attached hydrogen (secondary N) is 1. The van der Waals surface area contributed by atoms with Gasteiger partial charge in [-0.2, -0.15) is 0 Å². The second-order valence-electron chi connectivity index (χ2n) is 8.22. The first kappa shape index (κ1) is 21.9. The van der Waals surface area contributed by atoms with Gasteiger partial charge in [0.2, 0.25) is 5.91 Å². The molecule has 34 heavy (non-hydrogen) atoms. The molecule has 1 fully saturated rings. The Bertz CT molecular complexity index is 1340. The van der Waals surface area contributed by atoms with Crippen molar-refractivity contribution in [1.29, 1.82) is 0 Å². The molecule has 4 aromatic rings. The van der Waals surface area contributed by atoms with Gasteiger partial charge in [0.15, 0.2) is 5.65 Å². The van der Waals surface area contributed by atoms with Gasteiger partial charge in [-0.15, -0.1) is 5.10 Å². The summed E-state index contributed by atoms with van der Waals surface area (Å²) in [6.45, 7) is 1.14. The van der Waals surface area contributed by atoms with E-state index in [1.807, 2.05) is 4.90 Å². The van der Waals surface area contributed by atoms with E-state index in [0.29, 0.717) is 36.7 Å². The molecule has 0 radical (unpaired) electrons. The minimum atomic E-state index is -0.688. The van der Waals surface area contributed by atoms with E-state index in [1.165, 1.54) is 30.6 Å². The van der Waals surface area contributed by atoms with E-state index in [9.17, 15) is 18.0 Å². The third-order valence-corrected chi connectivity index (χ3v) is 5.95. The van der Waals surface area contributed by atoms with Gasteiger partial charge in [0.1, 0.15) is 29.6 Å². The van der Waals surface area contributed by atoms with E-state index in [2.05, 4.69) is 20.4 Å². The summed E-state index contributed by atoms with van der Waals surface area (Å²) in [6, 6.07) is 9.27. The van der Waals surface area contributed by atoms with Crippen LogP contribution in [0.5, 0.6) is 0 Å². The monoisotopic (exact) mass is 466 g/mol. The maximum absolute atomic E-state index is 13.9. The van der Waals surface area contributed by atoms with Crippen LogP contribution in [-0.2, 0) is 11.3 Å². The zero-order valence-corrected chi connectivity index (χ0v) is 18.1. The summed E-state index contributed by atoms with van der Waals surface area (Å²) in [6.07, 6.45) is 4.69. The number of anilines is 1. The fourth-order valence-electron chi connectivity index (χ4n) is 4.18. The second-order valence-corrected chi connectivity index (χ2v) is 8.22. The van der Waals surface area contributed by atoms with E-state index >= 15 is 0 Å². The number of carbonyl (C=O) groups is 1. The molecule has 0 bridgehead atoms. The maximum atomic E-state index is 13.9. The molecule has 1 saturated heterocycles. The number of halogens is 3. The van der Waals surface area contributed by atoms with Crippen LogP contribution in [-0.4, -0.2) is 38.7 Å². The summed E-state index contributed by atoms with van der Waals surface area (Å²) in [5.41, 5.74) is 1.41. The number of rotatable bonds is 5. The minimum Gasteiger partial charge on any atom is -0.355 e. The lowest BCUT2D eigenvalue weighted by Crippen LogP contribution is -2.43. The van der Waals surface area contributed by atoms with Gasteiger partial charge in [-0.05, 0) is 43.2 Å². The molecule has 5 rings (SSSR count). The molecule has 1 atom stereocenters. The molecule has 1 amide bonds. The first-order valence-electron chi connectivity index (χ1n) is 10.9. The number of nitrogens with zero attached hydrogens (tertiary/aromatic N) is 5. The lowest BCUT2D eigenvalue weighted by molar-refractivity contribution is -0.125. The summed E-state index contributed by atoms with van der Waals surface area (Å²) < 4.78 is 41.9. The fraction of sp³-hybridized carbons (Fsp3) is 0.250. The van der Waals surface area contributed by atoms with E-state index in [0.717, 1.165) is 17.9 Å². The number of piperidine rings is 1. The van der Waals surface area contributed by atoms with Crippen LogP contribution in [0.25, 0.3) is 16.7 Å². The lowest BCUT2D eigenvalue weighted by Gasteiger charge is -2.33. The van der Waals surface area contributed by atoms with Crippen molar-refractivity contribution in [3.05, 3.63) is 78.0 Å². The number of benzene rings is 2. The first-order chi connectivity index (χ1) is 16.5. The van der Waals surface area contributed by atoms with E-state index < -0.39 is 11.6 Å². The average molecular weight is 466 g/mol. The average Bonchev–Trinajstić information content (AvgIpc) is 3.28. The number of aromatic nitrogens is 4. The van der Waals surface area contributed by atoms with Crippen molar-refractivity contribution >= 4 is 22.8 Å². The highest BCUT2D eigenvalue weighted by atomic mass is 19.1. The van der Waals surface area contributed by atoms with Crippen LogP contribution in [0.3, 0.4) is 0 Å². The van der Waals surface area contributed by atoms with Gasteiger partial charge >= 0.3 is 0 Å². The van der Waals surface area contributed by atoms with Crippen LogP contribution in [0.1, 0.15) is 18.4 Å². The molecular weight excluding hydrogens is 445 g/mol. The Morgan fingerprint density at radius 1 is 1.06 bits per heavy atom. The number of carbonyl (C=O) groups excluding carboxylic acids is 1. The summed E-state index contributed by atoms with van der Waals surface area (Å²) in [7, 11) is 0. The Morgan fingerprint density at radius 3 is 2.65 bits per heavy atom. The molecule has 0 aliphatic carbocycles. The molecule has 0 spiro atoms. The maximum Gasteiger partial charge on any atom is 0.225 e. The van der Waals surface area contributed by atoms with E-state index in [-0.39, 0.29) is 29.8 Å². The molecule has 7 nitrogen and oxygen atoms in total. The van der Waals surface area contributed by atoms with Crippen molar-refractivity contribution in [2.75, 3.05) is 18.0 Å². The molecule has 2 aromatic heterocycles. The molecule has 0 unspecified atom stereocenters. The molecule has 10 heteroatoms. The van der Waals surface area contributed by atoms with Crippen LogP contribution in [0.2, 0.25) is 0 Å². The van der Waals surface area contributed by atoms with Gasteiger partial charge in [-0.3, -0.25) is 4.79 Å². The second kappa shape index (κ2) is 9.12. The third-order valence-electron chi connectivity index (χ3n) is 5.95. The van der Waals surface area contributed by atoms with E-state index in [1.54, 1.807) is 23.0 Å². The molecule has 1 aliphatic heterocycles. The summed E-state index contributed by atoms with van der Waals surface area (Å²) in [5, 5.41) is 7.96. The third kappa shape index (κ3) is 4.43. The van der Waals surface area contributed by atoms with Gasteiger partial charge in [0.05, 0.1) is 17.0 Å². The smallest absolute Gasteiger partial charge is 0.225 e. The molecular formula is C24H21F3N6O. The zero-order chi connectivity index (χ0) is 23.7. The summed E-state index contributed by atoms with van der Waals surface area (Å²) in [5.74, 6) is -1.52. The first-order valence-corrected chi connectivity index (χ1v) is 10.9. The van der Waals surface area contributed by atoms with Crippen LogP contribution >= 0.6 is 0 Å². The summed E-state index contributed by atoms with van der Waals surface area (Å²) in [4.78, 5) is 23.5. The fourth-order valence-corrected chi connectivity index (χ4v) is 4.18. The standard InChI is InChI=1S/C24H21F3N6O/c25-17-5-7-19(8-6-17)33-13-20-22(31-33)29-14-30-23(20)32-9-1-2-16(12-32)24(34)28-11-15-3-4-18(26)10-21(15)27/h3-8,10,13-14,16H,1-2,9,11-12H2,(H,28,34)/t16-/m0/s1. The van der Waals surface area contributed by atoms with Gasteiger partial charge < -0.3 is 10.2 Å². The van der Waals surface area contributed by atoms with Gasteiger partial charge in [0.25, 0.3) is 0 Å². The van der Waals surface area contributed by atoms with Crippen molar-refractivity contribution in [1.82, 2.24) is 25.1 Å². The molecule has 2 aromatic carbocycles. The quantitative estimate of drug-likeness (QED) is 0.485. The number of hydrogen-bond acceptors (Lipinski definition) is 5.